The molecule has 1 aliphatic rings. The number of likely N-dealkylation sites (tertiary alicyclic amines) is 1. The van der Waals surface area contributed by atoms with Crippen LogP contribution in [0, 0.1) is 5.82 Å². The third kappa shape index (κ3) is 4.15. The monoisotopic (exact) mass is 432 g/mol. The number of halogens is 1. The van der Waals surface area contributed by atoms with Gasteiger partial charge in [0.05, 0.1) is 0 Å². The second kappa shape index (κ2) is 8.67. The van der Waals surface area contributed by atoms with Crippen LogP contribution in [-0.4, -0.2) is 28.5 Å². The van der Waals surface area contributed by atoms with Gasteiger partial charge in [-0.2, -0.15) is 0 Å². The van der Waals surface area contributed by atoms with E-state index < -0.39 is 0 Å². The largest absolute Gasteiger partial charge is 0.343 e. The molecule has 5 heteroatoms. The van der Waals surface area contributed by atoms with Gasteiger partial charge in [0.2, 0.25) is 5.91 Å². The normalized spacial score (nSPS) is 14.9. The van der Waals surface area contributed by atoms with Crippen LogP contribution in [0.4, 0.5) is 4.39 Å². The predicted octanol–water partition coefficient (Wildman–Crippen LogP) is 6.03. The Labute approximate surface area is 185 Å². The minimum Gasteiger partial charge on any atom is -0.343 e. The second-order valence-corrected chi connectivity index (χ2v) is 9.20. The van der Waals surface area contributed by atoms with Gasteiger partial charge >= 0.3 is 0 Å². The van der Waals surface area contributed by atoms with E-state index in [1.165, 1.54) is 28.0 Å². The molecule has 2 aromatic carbocycles. The maximum atomic E-state index is 13.4. The van der Waals surface area contributed by atoms with Crippen LogP contribution in [0.1, 0.15) is 41.2 Å². The second-order valence-electron chi connectivity index (χ2n) is 8.22. The number of carbonyl (C=O) groups is 1. The van der Waals surface area contributed by atoms with Crippen LogP contribution in [0.3, 0.4) is 0 Å². The fraction of sp³-hybridized carbons (Fsp3) is 0.269. The maximum Gasteiger partial charge on any atom is 0.223 e. The molecule has 158 valence electrons. The molecule has 4 aromatic rings. The maximum absolute atomic E-state index is 13.4. The van der Waals surface area contributed by atoms with Crippen molar-refractivity contribution in [2.45, 2.75) is 31.7 Å². The van der Waals surface area contributed by atoms with E-state index in [1.54, 1.807) is 11.3 Å². The van der Waals surface area contributed by atoms with E-state index in [-0.39, 0.29) is 17.6 Å². The summed E-state index contributed by atoms with van der Waals surface area (Å²) in [5.74, 6) is 0.0544. The molecule has 3 nitrogen and oxygen atoms in total. The van der Waals surface area contributed by atoms with E-state index in [9.17, 15) is 9.18 Å². The van der Waals surface area contributed by atoms with Crippen molar-refractivity contribution in [2.24, 2.45) is 0 Å². The van der Waals surface area contributed by atoms with Gasteiger partial charge in [-0.05, 0) is 53.6 Å². The Balaban J connectivity index is 1.54. The number of fused-ring (bicyclic) bond motifs is 1. The van der Waals surface area contributed by atoms with Crippen molar-refractivity contribution in [1.82, 2.24) is 9.47 Å². The number of rotatable bonds is 6. The molecule has 3 heterocycles. The van der Waals surface area contributed by atoms with Gasteiger partial charge in [-0.25, -0.2) is 4.39 Å². The molecule has 0 saturated carbocycles. The highest BCUT2D eigenvalue weighted by molar-refractivity contribution is 7.10. The van der Waals surface area contributed by atoms with E-state index in [2.05, 4.69) is 46.5 Å². The summed E-state index contributed by atoms with van der Waals surface area (Å²) in [6.07, 6.45) is 4.89. The van der Waals surface area contributed by atoms with Gasteiger partial charge in [-0.15, -0.1) is 11.3 Å². The summed E-state index contributed by atoms with van der Waals surface area (Å²) in [6.45, 7) is 2.42. The fourth-order valence-electron chi connectivity index (χ4n) is 4.59. The quantitative estimate of drug-likeness (QED) is 0.365. The summed E-state index contributed by atoms with van der Waals surface area (Å²) in [6, 6.07) is 19.2. The number of para-hydroxylation sites is 1. The molecular formula is C26H25FN2OS. The Bertz CT molecular complexity index is 1170. The zero-order chi connectivity index (χ0) is 21.2. The minimum atomic E-state index is -0.222. The van der Waals surface area contributed by atoms with Crippen molar-refractivity contribution < 1.29 is 9.18 Å². The summed E-state index contributed by atoms with van der Waals surface area (Å²) in [7, 11) is 0. The number of amides is 1. The molecule has 1 amide bonds. The highest BCUT2D eigenvalue weighted by Gasteiger charge is 2.27. The van der Waals surface area contributed by atoms with Crippen LogP contribution < -0.4 is 0 Å². The Morgan fingerprint density at radius 1 is 1.00 bits per heavy atom. The van der Waals surface area contributed by atoms with Crippen molar-refractivity contribution >= 4 is 28.1 Å². The fourth-order valence-corrected chi connectivity index (χ4v) is 5.44. The highest BCUT2D eigenvalue weighted by Crippen LogP contribution is 2.37. The number of aromatic nitrogens is 1. The molecule has 0 aliphatic carbocycles. The molecule has 1 aliphatic heterocycles. The van der Waals surface area contributed by atoms with Crippen LogP contribution in [-0.2, 0) is 11.3 Å². The summed E-state index contributed by atoms with van der Waals surface area (Å²) in [5, 5.41) is 3.26. The van der Waals surface area contributed by atoms with Gasteiger partial charge in [0.25, 0.3) is 0 Å². The Morgan fingerprint density at radius 2 is 1.77 bits per heavy atom. The highest BCUT2D eigenvalue weighted by atomic mass is 32.1. The van der Waals surface area contributed by atoms with Crippen molar-refractivity contribution in [3.63, 3.8) is 0 Å². The van der Waals surface area contributed by atoms with Crippen LogP contribution in [0.2, 0.25) is 0 Å². The minimum absolute atomic E-state index is 0.0347. The predicted molar refractivity (Wildman–Crippen MR) is 124 cm³/mol. The number of hydrogen-bond donors (Lipinski definition) is 0. The lowest BCUT2D eigenvalue weighted by Crippen LogP contribution is -2.29. The number of hydrogen-bond acceptors (Lipinski definition) is 2. The van der Waals surface area contributed by atoms with Crippen LogP contribution in [0.25, 0.3) is 10.9 Å². The van der Waals surface area contributed by atoms with Gasteiger partial charge in [0.15, 0.2) is 0 Å². The lowest BCUT2D eigenvalue weighted by molar-refractivity contribution is -0.130. The number of thiophene rings is 1. The first-order chi connectivity index (χ1) is 15.2. The standard InChI is InChI=1S/C26H25FN2OS/c27-20-11-9-19(10-12-20)17-29-18-23(21-6-1-2-7-24(21)29)22(25-8-5-15-31-25)16-26(30)28-13-3-4-14-28/h1-2,5-12,15,18,22H,3-4,13-14,16-17H2. The van der Waals surface area contributed by atoms with Crippen LogP contribution in [0.15, 0.2) is 72.2 Å². The Morgan fingerprint density at radius 3 is 2.52 bits per heavy atom. The van der Waals surface area contributed by atoms with Crippen molar-refractivity contribution in [1.29, 1.82) is 0 Å². The molecule has 0 bridgehead atoms. The third-order valence-electron chi connectivity index (χ3n) is 6.19. The van der Waals surface area contributed by atoms with E-state index in [0.29, 0.717) is 13.0 Å². The average molecular weight is 433 g/mol. The number of carbonyl (C=O) groups excluding carboxylic acids is 1. The van der Waals surface area contributed by atoms with E-state index in [1.807, 2.05) is 23.1 Å². The van der Waals surface area contributed by atoms with Gasteiger partial charge in [0.1, 0.15) is 5.82 Å². The SMILES string of the molecule is O=C(CC(c1cccs1)c1cn(Cc2ccc(F)cc2)c2ccccc12)N1CCCC1. The summed E-state index contributed by atoms with van der Waals surface area (Å²) in [5.41, 5.74) is 3.37. The molecule has 5 rings (SSSR count). The zero-order valence-corrected chi connectivity index (χ0v) is 18.2. The first kappa shape index (κ1) is 20.0. The average Bonchev–Trinajstić information content (AvgIpc) is 3.56. The van der Waals surface area contributed by atoms with E-state index in [0.717, 1.165) is 37.0 Å². The molecule has 0 N–H and O–H groups in total. The van der Waals surface area contributed by atoms with Gasteiger partial charge in [-0.1, -0.05) is 36.4 Å². The Hall–Kier alpha value is -2.92. The van der Waals surface area contributed by atoms with Crippen molar-refractivity contribution in [3.05, 3.63) is 94.1 Å². The third-order valence-corrected chi connectivity index (χ3v) is 7.17. The molecule has 0 radical (unpaired) electrons. The van der Waals surface area contributed by atoms with Crippen molar-refractivity contribution in [3.8, 4) is 0 Å². The lowest BCUT2D eigenvalue weighted by Gasteiger charge is -2.20. The molecule has 1 unspecified atom stereocenters. The molecule has 31 heavy (non-hydrogen) atoms. The van der Waals surface area contributed by atoms with Gasteiger partial charge in [0, 0.05) is 53.9 Å². The van der Waals surface area contributed by atoms with Gasteiger partial charge < -0.3 is 9.47 Å². The van der Waals surface area contributed by atoms with Crippen molar-refractivity contribution in [2.75, 3.05) is 13.1 Å². The summed E-state index contributed by atoms with van der Waals surface area (Å²) < 4.78 is 15.6. The van der Waals surface area contributed by atoms with Gasteiger partial charge in [-0.3, -0.25) is 4.79 Å². The Kier molecular flexibility index (Phi) is 5.60. The first-order valence-electron chi connectivity index (χ1n) is 10.8. The smallest absolute Gasteiger partial charge is 0.223 e. The summed E-state index contributed by atoms with van der Waals surface area (Å²) >= 11 is 1.71. The first-order valence-corrected chi connectivity index (χ1v) is 11.7. The van der Waals surface area contributed by atoms with Crippen LogP contribution >= 0.6 is 11.3 Å². The zero-order valence-electron chi connectivity index (χ0n) is 17.3. The topological polar surface area (TPSA) is 25.2 Å². The lowest BCUT2D eigenvalue weighted by atomic mass is 9.93. The number of benzene rings is 2. The molecule has 2 aromatic heterocycles. The molecule has 0 spiro atoms. The van der Waals surface area contributed by atoms with E-state index >= 15 is 0 Å². The van der Waals surface area contributed by atoms with E-state index in [4.69, 9.17) is 0 Å². The molecular weight excluding hydrogens is 407 g/mol. The number of nitrogens with zero attached hydrogens (tertiary/aromatic N) is 2. The molecule has 1 saturated heterocycles. The summed E-state index contributed by atoms with van der Waals surface area (Å²) in [4.78, 5) is 16.3. The van der Waals surface area contributed by atoms with Crippen LogP contribution in [0.5, 0.6) is 0 Å². The molecule has 1 atom stereocenters. The molecule has 1 fully saturated rings.